The molecule has 0 radical (unpaired) electrons. The lowest BCUT2D eigenvalue weighted by Crippen LogP contribution is -2.43. The van der Waals surface area contributed by atoms with Crippen LogP contribution in [0.1, 0.15) is 64.2 Å². The number of nitrogens with one attached hydrogen (secondary N) is 2. The number of H-pyrrole nitrogens is 1. The number of carbonyl (C=O) groups is 1. The number of aryl methyl sites for hydroxylation is 2. The van der Waals surface area contributed by atoms with E-state index in [1.54, 1.807) is 11.3 Å². The Hall–Kier alpha value is -3.27. The largest absolute Gasteiger partial charge is 0.348 e. The minimum atomic E-state index is -0.172. The highest BCUT2D eigenvalue weighted by molar-refractivity contribution is 7.13. The summed E-state index contributed by atoms with van der Waals surface area (Å²) in [6, 6.07) is 6.76. The van der Waals surface area contributed by atoms with Crippen molar-refractivity contribution in [2.75, 3.05) is 27.2 Å². The predicted molar refractivity (Wildman–Crippen MR) is 158 cm³/mol. The first-order valence-electron chi connectivity index (χ1n) is 13.6. The fourth-order valence-electron chi connectivity index (χ4n) is 5.95. The van der Waals surface area contributed by atoms with E-state index in [0.717, 1.165) is 64.4 Å². The van der Waals surface area contributed by atoms with Crippen molar-refractivity contribution in [1.29, 1.82) is 0 Å². The molecule has 5 rings (SSSR count). The van der Waals surface area contributed by atoms with E-state index in [-0.39, 0.29) is 24.1 Å². The van der Waals surface area contributed by atoms with Crippen LogP contribution in [-0.2, 0) is 6.54 Å². The van der Waals surface area contributed by atoms with Gasteiger partial charge in [0.15, 0.2) is 0 Å². The normalized spacial score (nSPS) is 15.8. The first-order valence-corrected chi connectivity index (χ1v) is 14.4. The number of piperidine rings is 1. The molecule has 1 aliphatic rings. The van der Waals surface area contributed by atoms with Crippen LogP contribution in [0.15, 0.2) is 40.9 Å². The van der Waals surface area contributed by atoms with Gasteiger partial charge in [0.1, 0.15) is 0 Å². The van der Waals surface area contributed by atoms with Crippen molar-refractivity contribution in [3.63, 3.8) is 0 Å². The average molecular weight is 547 g/mol. The molecule has 1 atom stereocenters. The summed E-state index contributed by atoms with van der Waals surface area (Å²) in [6.45, 7) is 10.3. The second-order valence-corrected chi connectivity index (χ2v) is 11.9. The van der Waals surface area contributed by atoms with Gasteiger partial charge in [0.2, 0.25) is 0 Å². The highest BCUT2D eigenvalue weighted by Gasteiger charge is 2.28. The first kappa shape index (κ1) is 27.3. The predicted octanol–water partition coefficient (Wildman–Crippen LogP) is 4.69. The molecule has 8 nitrogen and oxygen atoms in total. The lowest BCUT2D eigenvalue weighted by atomic mass is 9.97. The maximum atomic E-state index is 13.6. The van der Waals surface area contributed by atoms with E-state index in [1.807, 2.05) is 44.6 Å². The van der Waals surface area contributed by atoms with Gasteiger partial charge in [-0.15, -0.1) is 11.3 Å². The molecule has 0 saturated carbocycles. The third kappa shape index (κ3) is 5.44. The minimum absolute atomic E-state index is 0.132. The lowest BCUT2D eigenvalue weighted by Gasteiger charge is -2.39. The Morgan fingerprint density at radius 1 is 1.21 bits per heavy atom. The van der Waals surface area contributed by atoms with Gasteiger partial charge in [0.25, 0.3) is 11.5 Å². The van der Waals surface area contributed by atoms with Crippen LogP contribution in [0.2, 0.25) is 0 Å². The number of hydrogen-bond donors (Lipinski definition) is 2. The first-order chi connectivity index (χ1) is 18.6. The number of thiazole rings is 1. The van der Waals surface area contributed by atoms with Crippen molar-refractivity contribution in [2.24, 2.45) is 0 Å². The van der Waals surface area contributed by atoms with Gasteiger partial charge in [-0.2, -0.15) is 0 Å². The number of likely N-dealkylation sites (tertiary alicyclic amines) is 1. The molecule has 9 heteroatoms. The molecule has 4 aromatic heterocycles. The van der Waals surface area contributed by atoms with Crippen molar-refractivity contribution in [1.82, 2.24) is 29.5 Å². The summed E-state index contributed by atoms with van der Waals surface area (Å²) in [5, 5.41) is 3.02. The summed E-state index contributed by atoms with van der Waals surface area (Å²) >= 11 is 1.61. The number of nitrogens with zero attached hydrogens (tertiary/aromatic N) is 4. The van der Waals surface area contributed by atoms with Gasteiger partial charge in [-0.25, -0.2) is 0 Å². The van der Waals surface area contributed by atoms with Gasteiger partial charge < -0.3 is 19.6 Å². The molecule has 0 aromatic carbocycles. The van der Waals surface area contributed by atoms with Crippen LogP contribution in [0.3, 0.4) is 0 Å². The van der Waals surface area contributed by atoms with Gasteiger partial charge in [0, 0.05) is 77.7 Å². The van der Waals surface area contributed by atoms with Crippen molar-refractivity contribution >= 4 is 22.8 Å². The van der Waals surface area contributed by atoms with E-state index in [0.29, 0.717) is 17.2 Å². The zero-order valence-electron chi connectivity index (χ0n) is 23.7. The lowest BCUT2D eigenvalue weighted by molar-refractivity contribution is 0.0948. The van der Waals surface area contributed by atoms with Crippen molar-refractivity contribution in [3.8, 4) is 10.4 Å². The molecule has 1 fully saturated rings. The molecular weight excluding hydrogens is 508 g/mol. The molecule has 1 amide bonds. The Morgan fingerprint density at radius 3 is 2.59 bits per heavy atom. The molecule has 2 N–H and O–H groups in total. The number of aromatic nitrogens is 3. The molecule has 5 heterocycles. The Balaban J connectivity index is 1.51. The summed E-state index contributed by atoms with van der Waals surface area (Å²) in [5.41, 5.74) is 8.75. The van der Waals surface area contributed by atoms with Crippen LogP contribution in [0, 0.1) is 20.8 Å². The number of amides is 1. The molecule has 1 aliphatic heterocycles. The summed E-state index contributed by atoms with van der Waals surface area (Å²) in [6.07, 6.45) is 6.31. The van der Waals surface area contributed by atoms with E-state index >= 15 is 0 Å². The third-order valence-electron chi connectivity index (χ3n) is 8.24. The summed E-state index contributed by atoms with van der Waals surface area (Å²) in [4.78, 5) is 39.2. The summed E-state index contributed by atoms with van der Waals surface area (Å²) < 4.78 is 2.25. The number of pyridine rings is 2. The fourth-order valence-corrected chi connectivity index (χ4v) is 6.55. The SMILES string of the molecule is Cc1cc(C)c(CNC(=O)c2cc3cc(-c4cncs4)cn3c(C(C)N3CCC(N(C)C)CC3)c2C)c(=O)[nH]1. The van der Waals surface area contributed by atoms with Crippen molar-refractivity contribution < 1.29 is 4.79 Å². The van der Waals surface area contributed by atoms with E-state index in [9.17, 15) is 9.59 Å². The van der Waals surface area contributed by atoms with E-state index in [1.165, 1.54) is 0 Å². The number of rotatable bonds is 7. The Kier molecular flexibility index (Phi) is 7.75. The summed E-state index contributed by atoms with van der Waals surface area (Å²) in [5.74, 6) is -0.172. The van der Waals surface area contributed by atoms with Crippen LogP contribution in [0.5, 0.6) is 0 Å². The van der Waals surface area contributed by atoms with Gasteiger partial charge >= 0.3 is 0 Å². The van der Waals surface area contributed by atoms with E-state index in [2.05, 4.69) is 62.8 Å². The zero-order chi connectivity index (χ0) is 27.8. The minimum Gasteiger partial charge on any atom is -0.348 e. The van der Waals surface area contributed by atoms with Crippen LogP contribution in [0.4, 0.5) is 0 Å². The molecule has 39 heavy (non-hydrogen) atoms. The van der Waals surface area contributed by atoms with E-state index < -0.39 is 0 Å². The molecule has 206 valence electrons. The molecule has 0 aliphatic carbocycles. The highest BCUT2D eigenvalue weighted by Crippen LogP contribution is 2.34. The molecule has 1 saturated heterocycles. The molecule has 4 aromatic rings. The Bertz CT molecular complexity index is 1540. The van der Waals surface area contributed by atoms with Gasteiger partial charge in [0.05, 0.1) is 10.4 Å². The second kappa shape index (κ2) is 11.1. The quantitative estimate of drug-likeness (QED) is 0.351. The molecular formula is C30H38N6O2S. The smallest absolute Gasteiger partial charge is 0.253 e. The summed E-state index contributed by atoms with van der Waals surface area (Å²) in [7, 11) is 4.32. The Labute approximate surface area is 233 Å². The monoisotopic (exact) mass is 546 g/mol. The van der Waals surface area contributed by atoms with Crippen LogP contribution >= 0.6 is 11.3 Å². The van der Waals surface area contributed by atoms with Gasteiger partial charge in [-0.05, 0) is 84.0 Å². The number of carbonyl (C=O) groups excluding carboxylic acids is 1. The maximum absolute atomic E-state index is 13.6. The Morgan fingerprint density at radius 2 is 1.95 bits per heavy atom. The van der Waals surface area contributed by atoms with E-state index in [4.69, 9.17) is 0 Å². The zero-order valence-corrected chi connectivity index (χ0v) is 24.5. The number of hydrogen-bond acceptors (Lipinski definition) is 6. The second-order valence-electron chi connectivity index (χ2n) is 11.0. The van der Waals surface area contributed by atoms with Crippen molar-refractivity contribution in [3.05, 3.63) is 80.1 Å². The van der Waals surface area contributed by atoms with Crippen molar-refractivity contribution in [2.45, 2.75) is 59.2 Å². The van der Waals surface area contributed by atoms with Gasteiger partial charge in [-0.1, -0.05) is 0 Å². The number of fused-ring (bicyclic) bond motifs is 1. The van der Waals surface area contributed by atoms with Crippen LogP contribution in [-0.4, -0.2) is 63.3 Å². The number of aromatic amines is 1. The maximum Gasteiger partial charge on any atom is 0.253 e. The fraction of sp³-hybridized carbons (Fsp3) is 0.433. The van der Waals surface area contributed by atoms with Crippen LogP contribution < -0.4 is 10.9 Å². The topological polar surface area (TPSA) is 85.7 Å². The molecule has 0 bridgehead atoms. The van der Waals surface area contributed by atoms with Gasteiger partial charge in [-0.3, -0.25) is 19.5 Å². The molecule has 0 spiro atoms. The highest BCUT2D eigenvalue weighted by atomic mass is 32.1. The van der Waals surface area contributed by atoms with Crippen LogP contribution in [0.25, 0.3) is 16.0 Å². The third-order valence-corrected chi connectivity index (χ3v) is 9.07. The standard InChI is InChI=1S/C30H38N6O2S/c1-18-11-19(2)33-30(38)26(18)14-32-29(37)25-13-24-12-22(27-15-31-17-39-27)16-36(24)28(20(25)3)21(4)35-9-7-23(8-10-35)34(5)6/h11-13,15-17,21,23H,7-10,14H2,1-6H3,(H,32,37)(H,33,38). The average Bonchev–Trinajstić information content (AvgIpc) is 3.57. The molecule has 1 unspecified atom stereocenters.